The summed E-state index contributed by atoms with van der Waals surface area (Å²) in [6, 6.07) is 18.4. The molecule has 0 saturated carbocycles. The molecule has 0 aliphatic carbocycles. The van der Waals surface area contributed by atoms with Crippen LogP contribution in [-0.2, 0) is 0 Å². The number of nitriles is 1. The SMILES string of the molecule is Cc1ccc(C#N)c(NCCCN(C)c2ccccc2)c1. The highest BCUT2D eigenvalue weighted by atomic mass is 15.1. The first-order chi connectivity index (χ1) is 10.2. The molecule has 0 aliphatic rings. The van der Waals surface area contributed by atoms with Crippen molar-refractivity contribution in [2.45, 2.75) is 13.3 Å². The second-order valence-electron chi connectivity index (χ2n) is 5.20. The molecule has 0 fully saturated rings. The largest absolute Gasteiger partial charge is 0.384 e. The van der Waals surface area contributed by atoms with Crippen molar-refractivity contribution in [3.8, 4) is 6.07 Å². The molecule has 0 spiro atoms. The van der Waals surface area contributed by atoms with Gasteiger partial charge in [0.05, 0.1) is 11.3 Å². The molecule has 0 unspecified atom stereocenters. The fraction of sp³-hybridized carbons (Fsp3) is 0.278. The van der Waals surface area contributed by atoms with Gasteiger partial charge in [-0.3, -0.25) is 0 Å². The van der Waals surface area contributed by atoms with E-state index in [0.717, 1.165) is 30.8 Å². The Kier molecular flexibility index (Phi) is 5.22. The van der Waals surface area contributed by atoms with E-state index in [0.29, 0.717) is 5.56 Å². The van der Waals surface area contributed by atoms with Crippen LogP contribution in [0.25, 0.3) is 0 Å². The second-order valence-corrected chi connectivity index (χ2v) is 5.20. The molecule has 0 amide bonds. The van der Waals surface area contributed by atoms with Gasteiger partial charge in [-0.15, -0.1) is 0 Å². The molecule has 0 saturated heterocycles. The molecule has 3 heteroatoms. The highest BCUT2D eigenvalue weighted by molar-refractivity contribution is 5.58. The number of hydrogen-bond donors (Lipinski definition) is 1. The first kappa shape index (κ1) is 14.9. The van der Waals surface area contributed by atoms with Crippen LogP contribution < -0.4 is 10.2 Å². The van der Waals surface area contributed by atoms with Gasteiger partial charge in [0.2, 0.25) is 0 Å². The molecule has 0 atom stereocenters. The number of nitrogens with zero attached hydrogens (tertiary/aromatic N) is 2. The fourth-order valence-corrected chi connectivity index (χ4v) is 2.25. The van der Waals surface area contributed by atoms with Gasteiger partial charge in [0.25, 0.3) is 0 Å². The summed E-state index contributed by atoms with van der Waals surface area (Å²) in [5.41, 5.74) is 4.03. The molecule has 2 aromatic carbocycles. The van der Waals surface area contributed by atoms with Crippen molar-refractivity contribution in [3.05, 3.63) is 59.7 Å². The third kappa shape index (κ3) is 4.25. The van der Waals surface area contributed by atoms with Crippen LogP contribution in [-0.4, -0.2) is 20.1 Å². The minimum absolute atomic E-state index is 0.706. The van der Waals surface area contributed by atoms with Crippen molar-refractivity contribution in [2.24, 2.45) is 0 Å². The van der Waals surface area contributed by atoms with E-state index >= 15 is 0 Å². The van der Waals surface area contributed by atoms with Gasteiger partial charge in [0, 0.05) is 25.8 Å². The van der Waals surface area contributed by atoms with Gasteiger partial charge < -0.3 is 10.2 Å². The van der Waals surface area contributed by atoms with Crippen LogP contribution in [0.2, 0.25) is 0 Å². The van der Waals surface area contributed by atoms with E-state index < -0.39 is 0 Å². The molecule has 0 aromatic heterocycles. The Hall–Kier alpha value is -2.47. The molecule has 0 radical (unpaired) electrons. The Balaban J connectivity index is 1.83. The van der Waals surface area contributed by atoms with Gasteiger partial charge in [-0.2, -0.15) is 5.26 Å². The average Bonchev–Trinajstić information content (AvgIpc) is 2.52. The number of anilines is 2. The van der Waals surface area contributed by atoms with Crippen LogP contribution in [0.5, 0.6) is 0 Å². The molecular formula is C18H21N3. The van der Waals surface area contributed by atoms with Crippen molar-refractivity contribution in [2.75, 3.05) is 30.4 Å². The van der Waals surface area contributed by atoms with E-state index in [1.54, 1.807) is 0 Å². The summed E-state index contributed by atoms with van der Waals surface area (Å²) in [5.74, 6) is 0. The molecule has 1 N–H and O–H groups in total. The maximum Gasteiger partial charge on any atom is 0.101 e. The Morgan fingerprint density at radius 2 is 1.90 bits per heavy atom. The first-order valence-corrected chi connectivity index (χ1v) is 7.21. The van der Waals surface area contributed by atoms with Crippen LogP contribution in [0.4, 0.5) is 11.4 Å². The first-order valence-electron chi connectivity index (χ1n) is 7.21. The standard InChI is InChI=1S/C18H21N3/c1-15-9-10-16(14-19)18(13-15)20-11-6-12-21(2)17-7-4-3-5-8-17/h3-5,7-10,13,20H,6,11-12H2,1-2H3. The highest BCUT2D eigenvalue weighted by Crippen LogP contribution is 2.17. The number of nitrogens with one attached hydrogen (secondary N) is 1. The Morgan fingerprint density at radius 3 is 2.62 bits per heavy atom. The van der Waals surface area contributed by atoms with Crippen LogP contribution in [0.15, 0.2) is 48.5 Å². The third-order valence-electron chi connectivity index (χ3n) is 3.48. The summed E-state index contributed by atoms with van der Waals surface area (Å²) in [5, 5.41) is 12.5. The normalized spacial score (nSPS) is 9.95. The molecule has 2 aromatic rings. The number of rotatable bonds is 6. The number of benzene rings is 2. The van der Waals surface area contributed by atoms with Gasteiger partial charge in [-0.25, -0.2) is 0 Å². The quantitative estimate of drug-likeness (QED) is 0.817. The Labute approximate surface area is 126 Å². The van der Waals surface area contributed by atoms with E-state index in [9.17, 15) is 0 Å². The summed E-state index contributed by atoms with van der Waals surface area (Å²) in [7, 11) is 2.10. The minimum Gasteiger partial charge on any atom is -0.384 e. The molecule has 0 bridgehead atoms. The highest BCUT2D eigenvalue weighted by Gasteiger charge is 2.02. The smallest absolute Gasteiger partial charge is 0.101 e. The van der Waals surface area contributed by atoms with Gasteiger partial charge in [0.1, 0.15) is 6.07 Å². The zero-order valence-electron chi connectivity index (χ0n) is 12.6. The lowest BCUT2D eigenvalue weighted by molar-refractivity contribution is 0.816. The van der Waals surface area contributed by atoms with E-state index in [-0.39, 0.29) is 0 Å². The van der Waals surface area contributed by atoms with E-state index in [2.05, 4.69) is 47.6 Å². The molecule has 2 rings (SSSR count). The Bertz CT molecular complexity index is 614. The van der Waals surface area contributed by atoms with Crippen molar-refractivity contribution >= 4 is 11.4 Å². The molecule has 3 nitrogen and oxygen atoms in total. The zero-order valence-corrected chi connectivity index (χ0v) is 12.6. The molecular weight excluding hydrogens is 258 g/mol. The number of hydrogen-bond acceptors (Lipinski definition) is 3. The third-order valence-corrected chi connectivity index (χ3v) is 3.48. The lowest BCUT2D eigenvalue weighted by Gasteiger charge is -2.19. The minimum atomic E-state index is 0.706. The van der Waals surface area contributed by atoms with Crippen LogP contribution in [0, 0.1) is 18.3 Å². The summed E-state index contributed by atoms with van der Waals surface area (Å²) in [4.78, 5) is 2.24. The monoisotopic (exact) mass is 279 g/mol. The summed E-state index contributed by atoms with van der Waals surface area (Å²) in [6.45, 7) is 3.87. The van der Waals surface area contributed by atoms with Gasteiger partial charge in [0.15, 0.2) is 0 Å². The number of para-hydroxylation sites is 1. The summed E-state index contributed by atoms with van der Waals surface area (Å²) < 4.78 is 0. The van der Waals surface area contributed by atoms with Crippen LogP contribution >= 0.6 is 0 Å². The van der Waals surface area contributed by atoms with Gasteiger partial charge in [-0.05, 0) is 43.2 Å². The van der Waals surface area contributed by atoms with Crippen molar-refractivity contribution in [1.29, 1.82) is 5.26 Å². The average molecular weight is 279 g/mol. The van der Waals surface area contributed by atoms with Crippen molar-refractivity contribution in [3.63, 3.8) is 0 Å². The topological polar surface area (TPSA) is 39.1 Å². The van der Waals surface area contributed by atoms with Gasteiger partial charge >= 0.3 is 0 Å². The predicted molar refractivity (Wildman–Crippen MR) is 88.7 cm³/mol. The number of aryl methyl sites for hydroxylation is 1. The lowest BCUT2D eigenvalue weighted by Crippen LogP contribution is -2.20. The molecule has 0 aliphatic heterocycles. The molecule has 0 heterocycles. The zero-order chi connectivity index (χ0) is 15.1. The van der Waals surface area contributed by atoms with E-state index in [4.69, 9.17) is 5.26 Å². The molecule has 108 valence electrons. The summed E-state index contributed by atoms with van der Waals surface area (Å²) in [6.07, 6.45) is 1.02. The van der Waals surface area contributed by atoms with Crippen molar-refractivity contribution < 1.29 is 0 Å². The van der Waals surface area contributed by atoms with E-state index in [1.807, 2.05) is 31.2 Å². The second kappa shape index (κ2) is 7.35. The summed E-state index contributed by atoms with van der Waals surface area (Å²) >= 11 is 0. The lowest BCUT2D eigenvalue weighted by atomic mass is 10.1. The van der Waals surface area contributed by atoms with Crippen LogP contribution in [0.1, 0.15) is 17.5 Å². The molecule has 21 heavy (non-hydrogen) atoms. The van der Waals surface area contributed by atoms with Crippen molar-refractivity contribution in [1.82, 2.24) is 0 Å². The maximum atomic E-state index is 9.10. The van der Waals surface area contributed by atoms with Crippen LogP contribution in [0.3, 0.4) is 0 Å². The predicted octanol–water partition coefficient (Wildman–Crippen LogP) is 3.81. The fourth-order valence-electron chi connectivity index (χ4n) is 2.25. The van der Waals surface area contributed by atoms with Gasteiger partial charge in [-0.1, -0.05) is 24.3 Å². The Morgan fingerprint density at radius 1 is 1.14 bits per heavy atom. The van der Waals surface area contributed by atoms with E-state index in [1.165, 1.54) is 5.69 Å². The maximum absolute atomic E-state index is 9.10.